The van der Waals surface area contributed by atoms with Gasteiger partial charge in [-0.1, -0.05) is 0 Å². The lowest BCUT2D eigenvalue weighted by molar-refractivity contribution is 1.25. The van der Waals surface area contributed by atoms with Gasteiger partial charge in [0.2, 0.25) is 0 Å². The van der Waals surface area contributed by atoms with E-state index >= 15 is 0 Å². The van der Waals surface area contributed by atoms with Gasteiger partial charge >= 0.3 is 0 Å². The summed E-state index contributed by atoms with van der Waals surface area (Å²) in [6, 6.07) is 0. The van der Waals surface area contributed by atoms with Gasteiger partial charge in [-0.15, -0.1) is 0 Å². The van der Waals surface area contributed by atoms with Crippen LogP contribution in [0.25, 0.3) is 0 Å². The van der Waals surface area contributed by atoms with Crippen LogP contribution in [0.15, 0.2) is 10.9 Å². The molecule has 38 valence electrons. The van der Waals surface area contributed by atoms with Crippen molar-refractivity contribution in [2.45, 2.75) is 6.92 Å². The van der Waals surface area contributed by atoms with E-state index in [-0.39, 0.29) is 0 Å². The fourth-order valence-corrected chi connectivity index (χ4v) is 0.552. The number of H-pyrrole nitrogens is 1. The molecule has 1 heterocycles. The standard InChI is InChI=1S/C4H5BrN2/c1-3-4(5)7-2-6-3/h2H,1H3,(H,6,7). The monoisotopic (exact) mass is 160 g/mol. The maximum atomic E-state index is 3.91. The molecule has 0 atom stereocenters. The Morgan fingerprint density at radius 3 is 2.71 bits per heavy atom. The van der Waals surface area contributed by atoms with Crippen molar-refractivity contribution in [3.63, 3.8) is 0 Å². The molecule has 0 unspecified atom stereocenters. The maximum absolute atomic E-state index is 3.91. The first kappa shape index (κ1) is 4.84. The van der Waals surface area contributed by atoms with Crippen molar-refractivity contribution in [3.05, 3.63) is 16.6 Å². The van der Waals surface area contributed by atoms with Crippen LogP contribution in [0.3, 0.4) is 0 Å². The zero-order valence-corrected chi connectivity index (χ0v) is 5.49. The number of hydrogen-bond acceptors (Lipinski definition) is 1. The lowest BCUT2D eigenvalue weighted by Gasteiger charge is -1.76. The minimum absolute atomic E-state index is 0.965. The number of nitrogens with one attached hydrogen (secondary N) is 1. The van der Waals surface area contributed by atoms with Crippen LogP contribution in [0.4, 0.5) is 0 Å². The van der Waals surface area contributed by atoms with Gasteiger partial charge in [-0.25, -0.2) is 4.98 Å². The molecule has 1 N–H and O–H groups in total. The predicted molar refractivity (Wildman–Crippen MR) is 31.0 cm³/mol. The molecule has 0 saturated carbocycles. The Morgan fingerprint density at radius 2 is 2.57 bits per heavy atom. The molecule has 0 aliphatic carbocycles. The Labute approximate surface area is 50.1 Å². The third kappa shape index (κ3) is 0.825. The number of imidazole rings is 1. The van der Waals surface area contributed by atoms with Gasteiger partial charge in [0.1, 0.15) is 4.60 Å². The molecule has 1 aromatic rings. The van der Waals surface area contributed by atoms with Gasteiger partial charge in [0.15, 0.2) is 0 Å². The smallest absolute Gasteiger partial charge is 0.105 e. The van der Waals surface area contributed by atoms with E-state index in [9.17, 15) is 0 Å². The van der Waals surface area contributed by atoms with Crippen LogP contribution in [0, 0.1) is 6.92 Å². The van der Waals surface area contributed by atoms with Crippen molar-refractivity contribution in [3.8, 4) is 0 Å². The molecule has 0 spiro atoms. The van der Waals surface area contributed by atoms with Crippen molar-refractivity contribution >= 4 is 15.9 Å². The Kier molecular flexibility index (Phi) is 1.15. The molecular formula is C4H5BrN2. The van der Waals surface area contributed by atoms with E-state index in [1.54, 1.807) is 6.33 Å². The second-order valence-corrected chi connectivity index (χ2v) is 2.09. The molecule has 0 aliphatic heterocycles. The molecule has 0 aliphatic rings. The zero-order valence-electron chi connectivity index (χ0n) is 3.90. The molecule has 0 aromatic carbocycles. The maximum Gasteiger partial charge on any atom is 0.105 e. The third-order valence-electron chi connectivity index (χ3n) is 0.767. The summed E-state index contributed by atoms with van der Waals surface area (Å²) in [4.78, 5) is 6.79. The van der Waals surface area contributed by atoms with Gasteiger partial charge in [0, 0.05) is 0 Å². The van der Waals surface area contributed by atoms with Crippen LogP contribution in [0.1, 0.15) is 5.69 Å². The fourth-order valence-electron chi connectivity index (χ4n) is 0.347. The number of hydrogen-bond donors (Lipinski definition) is 1. The molecule has 0 amide bonds. The summed E-state index contributed by atoms with van der Waals surface area (Å²) in [5.41, 5.74) is 1.00. The van der Waals surface area contributed by atoms with E-state index in [0.717, 1.165) is 10.3 Å². The Balaban J connectivity index is 3.12. The quantitative estimate of drug-likeness (QED) is 0.613. The molecule has 0 bridgehead atoms. The number of rotatable bonds is 0. The van der Waals surface area contributed by atoms with E-state index < -0.39 is 0 Å². The van der Waals surface area contributed by atoms with E-state index in [4.69, 9.17) is 0 Å². The van der Waals surface area contributed by atoms with Crippen LogP contribution in [-0.4, -0.2) is 9.97 Å². The van der Waals surface area contributed by atoms with Crippen molar-refractivity contribution in [1.29, 1.82) is 0 Å². The van der Waals surface area contributed by atoms with Crippen LogP contribution in [0.5, 0.6) is 0 Å². The SMILES string of the molecule is Cc1nc[nH]c1Br. The van der Waals surface area contributed by atoms with E-state index in [0.29, 0.717) is 0 Å². The van der Waals surface area contributed by atoms with Gasteiger partial charge in [-0.2, -0.15) is 0 Å². The molecule has 0 saturated heterocycles. The molecule has 2 nitrogen and oxygen atoms in total. The van der Waals surface area contributed by atoms with Gasteiger partial charge < -0.3 is 4.98 Å². The predicted octanol–water partition coefficient (Wildman–Crippen LogP) is 1.48. The minimum atomic E-state index is 0.965. The van der Waals surface area contributed by atoms with Crippen molar-refractivity contribution in [2.24, 2.45) is 0 Å². The molecule has 1 rings (SSSR count). The van der Waals surface area contributed by atoms with Crippen molar-refractivity contribution in [2.75, 3.05) is 0 Å². The van der Waals surface area contributed by atoms with E-state index in [1.807, 2.05) is 6.92 Å². The van der Waals surface area contributed by atoms with Crippen LogP contribution in [-0.2, 0) is 0 Å². The highest BCUT2D eigenvalue weighted by molar-refractivity contribution is 9.10. The number of aromatic amines is 1. The first-order valence-corrected chi connectivity index (χ1v) is 2.75. The fraction of sp³-hybridized carbons (Fsp3) is 0.250. The molecule has 0 fully saturated rings. The lowest BCUT2D eigenvalue weighted by Crippen LogP contribution is -1.65. The number of nitrogens with zero attached hydrogens (tertiary/aromatic N) is 1. The summed E-state index contributed by atoms with van der Waals surface area (Å²) in [6.45, 7) is 1.93. The van der Waals surface area contributed by atoms with Gasteiger partial charge in [-0.05, 0) is 22.9 Å². The average molecular weight is 161 g/mol. The first-order chi connectivity index (χ1) is 3.30. The van der Waals surface area contributed by atoms with Crippen molar-refractivity contribution in [1.82, 2.24) is 9.97 Å². The highest BCUT2D eigenvalue weighted by atomic mass is 79.9. The number of aryl methyl sites for hydroxylation is 1. The second kappa shape index (κ2) is 1.66. The summed E-state index contributed by atoms with van der Waals surface area (Å²) in [5.74, 6) is 0. The van der Waals surface area contributed by atoms with Crippen LogP contribution in [0.2, 0.25) is 0 Å². The van der Waals surface area contributed by atoms with E-state index in [1.165, 1.54) is 0 Å². The molecule has 3 heteroatoms. The highest BCUT2D eigenvalue weighted by Crippen LogP contribution is 2.07. The van der Waals surface area contributed by atoms with Gasteiger partial charge in [0.05, 0.1) is 12.0 Å². The largest absolute Gasteiger partial charge is 0.339 e. The van der Waals surface area contributed by atoms with Crippen LogP contribution < -0.4 is 0 Å². The normalized spacial score (nSPS) is 9.43. The number of aromatic nitrogens is 2. The summed E-state index contributed by atoms with van der Waals surface area (Å²) in [6.07, 6.45) is 1.65. The zero-order chi connectivity index (χ0) is 5.28. The molecule has 1 aromatic heterocycles. The first-order valence-electron chi connectivity index (χ1n) is 1.96. The summed E-state index contributed by atoms with van der Waals surface area (Å²) >= 11 is 3.25. The summed E-state index contributed by atoms with van der Waals surface area (Å²) < 4.78 is 0.965. The topological polar surface area (TPSA) is 28.7 Å². The third-order valence-corrected chi connectivity index (χ3v) is 1.57. The summed E-state index contributed by atoms with van der Waals surface area (Å²) in [5, 5.41) is 0. The van der Waals surface area contributed by atoms with Crippen molar-refractivity contribution < 1.29 is 0 Å². The lowest BCUT2D eigenvalue weighted by atomic mass is 10.6. The van der Waals surface area contributed by atoms with E-state index in [2.05, 4.69) is 25.9 Å². The second-order valence-electron chi connectivity index (χ2n) is 1.30. The molecule has 7 heavy (non-hydrogen) atoms. The van der Waals surface area contributed by atoms with Crippen LogP contribution >= 0.6 is 15.9 Å². The summed E-state index contributed by atoms with van der Waals surface area (Å²) in [7, 11) is 0. The molecule has 0 radical (unpaired) electrons. The Morgan fingerprint density at radius 1 is 1.86 bits per heavy atom. The Hall–Kier alpha value is -0.310. The highest BCUT2D eigenvalue weighted by Gasteiger charge is 1.89. The van der Waals surface area contributed by atoms with Gasteiger partial charge in [-0.3, -0.25) is 0 Å². The minimum Gasteiger partial charge on any atom is -0.339 e. The average Bonchev–Trinajstić information content (AvgIpc) is 1.91. The molecular weight excluding hydrogens is 156 g/mol. The van der Waals surface area contributed by atoms with Gasteiger partial charge in [0.25, 0.3) is 0 Å². The Bertz CT molecular complexity index is 142. The number of halogens is 1.